The average molecular weight is 347 g/mol. The first-order valence-corrected chi connectivity index (χ1v) is 9.27. The van der Waals surface area contributed by atoms with Crippen molar-refractivity contribution in [3.05, 3.63) is 29.2 Å². The van der Waals surface area contributed by atoms with Crippen molar-refractivity contribution in [2.24, 2.45) is 0 Å². The molecule has 7 nitrogen and oxygen atoms in total. The Kier molecular flexibility index (Phi) is 4.48. The van der Waals surface area contributed by atoms with Crippen LogP contribution >= 0.6 is 11.3 Å². The largest absolute Gasteiger partial charge is 0.468 e. The Hall–Kier alpha value is -1.93. The molecular weight excluding hydrogens is 326 g/mol. The number of carbonyl (C=O) groups excluding carboxylic acids is 1. The lowest BCUT2D eigenvalue weighted by Crippen LogP contribution is -2.38. The lowest BCUT2D eigenvalue weighted by Gasteiger charge is -2.25. The first-order valence-electron chi connectivity index (χ1n) is 8.45. The molecule has 4 rings (SSSR count). The van der Waals surface area contributed by atoms with Gasteiger partial charge < -0.3 is 9.73 Å². The first-order chi connectivity index (χ1) is 11.8. The van der Waals surface area contributed by atoms with Gasteiger partial charge in [-0.3, -0.25) is 10.2 Å². The van der Waals surface area contributed by atoms with Crippen LogP contribution in [0.15, 0.2) is 22.8 Å². The van der Waals surface area contributed by atoms with Gasteiger partial charge in [0.1, 0.15) is 10.8 Å². The third-order valence-corrected chi connectivity index (χ3v) is 5.50. The van der Waals surface area contributed by atoms with Gasteiger partial charge in [-0.05, 0) is 50.9 Å². The third kappa shape index (κ3) is 3.59. The summed E-state index contributed by atoms with van der Waals surface area (Å²) < 4.78 is 5.56. The highest BCUT2D eigenvalue weighted by atomic mass is 32.1. The van der Waals surface area contributed by atoms with Crippen LogP contribution in [0.4, 0.5) is 9.93 Å². The molecule has 24 heavy (non-hydrogen) atoms. The number of likely N-dealkylation sites (tertiary alicyclic amines) is 1. The second-order valence-electron chi connectivity index (χ2n) is 6.33. The maximum Gasteiger partial charge on any atom is 0.321 e. The molecule has 1 aliphatic carbocycles. The molecule has 0 spiro atoms. The number of furan rings is 1. The highest BCUT2D eigenvalue weighted by molar-refractivity contribution is 7.15. The number of nitrogens with zero attached hydrogens (tertiary/aromatic N) is 3. The van der Waals surface area contributed by atoms with Crippen molar-refractivity contribution in [2.75, 3.05) is 25.0 Å². The van der Waals surface area contributed by atoms with Crippen molar-refractivity contribution in [3.63, 3.8) is 0 Å². The maximum atomic E-state index is 12.2. The molecule has 2 fully saturated rings. The van der Waals surface area contributed by atoms with Gasteiger partial charge in [0.05, 0.1) is 12.3 Å². The Bertz CT molecular complexity index is 676. The van der Waals surface area contributed by atoms with Crippen LogP contribution in [0.3, 0.4) is 0 Å². The summed E-state index contributed by atoms with van der Waals surface area (Å²) in [6, 6.07) is 3.68. The fraction of sp³-hybridized carbons (Fsp3) is 0.562. The zero-order valence-electron chi connectivity index (χ0n) is 13.4. The molecule has 2 N–H and O–H groups in total. The Morgan fingerprint density at radius 2 is 2.21 bits per heavy atom. The van der Waals surface area contributed by atoms with Crippen LogP contribution < -0.4 is 10.6 Å². The molecule has 0 unspecified atom stereocenters. The van der Waals surface area contributed by atoms with Gasteiger partial charge in [0.15, 0.2) is 0 Å². The summed E-state index contributed by atoms with van der Waals surface area (Å²) in [6.45, 7) is 2.58. The summed E-state index contributed by atoms with van der Waals surface area (Å²) in [6.07, 6.45) is 6.43. The number of hydrogen-bond donors (Lipinski definition) is 2. The topological polar surface area (TPSA) is 83.3 Å². The number of anilines is 1. The number of rotatable bonds is 6. The summed E-state index contributed by atoms with van der Waals surface area (Å²) in [5.74, 6) is 1.45. The zero-order valence-corrected chi connectivity index (χ0v) is 14.2. The predicted molar refractivity (Wildman–Crippen MR) is 91.2 cm³/mol. The van der Waals surface area contributed by atoms with E-state index in [2.05, 4.69) is 25.7 Å². The lowest BCUT2D eigenvalue weighted by molar-refractivity contribution is 0.207. The molecule has 1 saturated heterocycles. The third-order valence-electron chi connectivity index (χ3n) is 4.50. The number of carbonyl (C=O) groups is 1. The smallest absolute Gasteiger partial charge is 0.321 e. The summed E-state index contributed by atoms with van der Waals surface area (Å²) in [7, 11) is 0. The van der Waals surface area contributed by atoms with Gasteiger partial charge in [-0.2, -0.15) is 0 Å². The van der Waals surface area contributed by atoms with E-state index in [1.165, 1.54) is 37.0 Å². The molecule has 2 aliphatic rings. The van der Waals surface area contributed by atoms with E-state index in [1.807, 2.05) is 12.1 Å². The van der Waals surface area contributed by atoms with Crippen molar-refractivity contribution < 1.29 is 9.21 Å². The fourth-order valence-electron chi connectivity index (χ4n) is 3.05. The van der Waals surface area contributed by atoms with Gasteiger partial charge >= 0.3 is 6.03 Å². The molecule has 2 aromatic heterocycles. The van der Waals surface area contributed by atoms with Crippen LogP contribution in [0.25, 0.3) is 0 Å². The molecule has 2 amide bonds. The van der Waals surface area contributed by atoms with E-state index in [-0.39, 0.29) is 12.1 Å². The minimum absolute atomic E-state index is 0.0738. The molecule has 1 atom stereocenters. The normalized spacial score (nSPS) is 19.3. The summed E-state index contributed by atoms with van der Waals surface area (Å²) >= 11 is 1.47. The van der Waals surface area contributed by atoms with Gasteiger partial charge in [0.25, 0.3) is 0 Å². The Morgan fingerprint density at radius 3 is 2.92 bits per heavy atom. The molecular formula is C16H21N5O2S. The van der Waals surface area contributed by atoms with E-state index in [1.54, 1.807) is 6.26 Å². The molecule has 3 heterocycles. The van der Waals surface area contributed by atoms with Crippen LogP contribution in [-0.4, -0.2) is 40.8 Å². The summed E-state index contributed by atoms with van der Waals surface area (Å²) in [5, 5.41) is 15.5. The molecule has 0 aromatic carbocycles. The van der Waals surface area contributed by atoms with Crippen molar-refractivity contribution in [1.82, 2.24) is 20.4 Å². The number of nitrogens with one attached hydrogen (secondary N) is 2. The molecule has 8 heteroatoms. The standard InChI is InChI=1S/C16H21N5O2S/c22-15(18-16-20-19-14(24-16)11-5-6-11)17-10-12(13-4-3-9-23-13)21-7-1-2-8-21/h3-4,9,11-12H,1-2,5-8,10H2,(H2,17,18,20,22)/t12-/m1/s1. The second kappa shape index (κ2) is 6.90. The van der Waals surface area contributed by atoms with Crippen LogP contribution in [0, 0.1) is 0 Å². The molecule has 1 saturated carbocycles. The second-order valence-corrected chi connectivity index (χ2v) is 7.34. The van der Waals surface area contributed by atoms with Gasteiger partial charge in [-0.15, -0.1) is 10.2 Å². The Balaban J connectivity index is 1.33. The number of urea groups is 1. The summed E-state index contributed by atoms with van der Waals surface area (Å²) in [5.41, 5.74) is 0. The molecule has 0 radical (unpaired) electrons. The highest BCUT2D eigenvalue weighted by Gasteiger charge is 2.28. The van der Waals surface area contributed by atoms with Crippen molar-refractivity contribution in [1.29, 1.82) is 0 Å². The first kappa shape index (κ1) is 15.6. The van der Waals surface area contributed by atoms with Crippen LogP contribution in [0.1, 0.15) is 48.4 Å². The van der Waals surface area contributed by atoms with Gasteiger partial charge in [-0.1, -0.05) is 11.3 Å². The molecule has 1 aliphatic heterocycles. The predicted octanol–water partition coefficient (Wildman–Crippen LogP) is 2.97. The molecule has 0 bridgehead atoms. The van der Waals surface area contributed by atoms with E-state index >= 15 is 0 Å². The minimum atomic E-state index is -0.246. The van der Waals surface area contributed by atoms with E-state index < -0.39 is 0 Å². The number of aromatic nitrogens is 2. The number of amides is 2. The summed E-state index contributed by atoms with van der Waals surface area (Å²) in [4.78, 5) is 14.5. The zero-order chi connectivity index (χ0) is 16.4. The van der Waals surface area contributed by atoms with E-state index in [0.29, 0.717) is 17.6 Å². The van der Waals surface area contributed by atoms with Gasteiger partial charge in [0, 0.05) is 12.5 Å². The Morgan fingerprint density at radius 1 is 1.38 bits per heavy atom. The maximum absolute atomic E-state index is 12.2. The van der Waals surface area contributed by atoms with Crippen LogP contribution in [0.5, 0.6) is 0 Å². The van der Waals surface area contributed by atoms with E-state index in [9.17, 15) is 4.79 Å². The monoisotopic (exact) mass is 347 g/mol. The fourth-order valence-corrected chi connectivity index (χ4v) is 3.96. The van der Waals surface area contributed by atoms with Crippen LogP contribution in [0.2, 0.25) is 0 Å². The molecule has 2 aromatic rings. The average Bonchev–Trinajstić information content (AvgIpc) is 3.04. The van der Waals surface area contributed by atoms with Crippen molar-refractivity contribution in [2.45, 2.75) is 37.6 Å². The van der Waals surface area contributed by atoms with Crippen LogP contribution in [-0.2, 0) is 0 Å². The van der Waals surface area contributed by atoms with Gasteiger partial charge in [-0.25, -0.2) is 4.79 Å². The minimum Gasteiger partial charge on any atom is -0.468 e. The van der Waals surface area contributed by atoms with E-state index in [4.69, 9.17) is 4.42 Å². The number of hydrogen-bond acceptors (Lipinski definition) is 6. The van der Waals surface area contributed by atoms with Crippen molar-refractivity contribution >= 4 is 22.5 Å². The van der Waals surface area contributed by atoms with E-state index in [0.717, 1.165) is 23.9 Å². The van der Waals surface area contributed by atoms with Gasteiger partial charge in [0.2, 0.25) is 5.13 Å². The van der Waals surface area contributed by atoms with Crippen molar-refractivity contribution in [3.8, 4) is 0 Å². The quantitative estimate of drug-likeness (QED) is 0.839. The lowest BCUT2D eigenvalue weighted by atomic mass is 10.2. The highest BCUT2D eigenvalue weighted by Crippen LogP contribution is 2.42. The molecule has 128 valence electrons. The Labute approximate surface area is 144 Å². The SMILES string of the molecule is O=C(NC[C@H](c1ccco1)N1CCCC1)Nc1nnc(C2CC2)s1.